The summed E-state index contributed by atoms with van der Waals surface area (Å²) >= 11 is 6.30. The van der Waals surface area contributed by atoms with Gasteiger partial charge in [0.05, 0.1) is 23.3 Å². The zero-order valence-corrected chi connectivity index (χ0v) is 22.1. The highest BCUT2D eigenvalue weighted by Crippen LogP contribution is 2.45. The Bertz CT molecular complexity index is 1990. The first kappa shape index (κ1) is 24.7. The first-order chi connectivity index (χ1) is 19.8. The lowest BCUT2D eigenvalue weighted by atomic mass is 9.80. The molecule has 0 saturated heterocycles. The van der Waals surface area contributed by atoms with Crippen molar-refractivity contribution in [3.05, 3.63) is 88.3 Å². The normalized spacial score (nSPS) is 16.2. The number of benzene rings is 2. The number of halogens is 2. The highest BCUT2D eigenvalue weighted by atomic mass is 35.5. The van der Waals surface area contributed by atoms with Crippen molar-refractivity contribution in [3.63, 3.8) is 0 Å². The van der Waals surface area contributed by atoms with E-state index in [4.69, 9.17) is 22.4 Å². The van der Waals surface area contributed by atoms with Gasteiger partial charge in [-0.1, -0.05) is 35.9 Å². The summed E-state index contributed by atoms with van der Waals surface area (Å²) in [7, 11) is 0. The number of pyridine rings is 1. The van der Waals surface area contributed by atoms with E-state index in [-0.39, 0.29) is 41.6 Å². The number of tetrazole rings is 1. The van der Waals surface area contributed by atoms with Crippen molar-refractivity contribution < 1.29 is 9.18 Å². The fourth-order valence-electron chi connectivity index (χ4n) is 5.09. The second-order valence-electron chi connectivity index (χ2n) is 9.64. The number of aromatic amines is 1. The molecule has 41 heavy (non-hydrogen) atoms. The minimum atomic E-state index is -1.29. The van der Waals surface area contributed by atoms with Crippen LogP contribution < -0.4 is 11.1 Å². The summed E-state index contributed by atoms with van der Waals surface area (Å²) in [6, 6.07) is 16.9. The maximum atomic E-state index is 14.5. The van der Waals surface area contributed by atoms with Crippen LogP contribution in [0.1, 0.15) is 23.7 Å². The Morgan fingerprint density at radius 2 is 1.90 bits per heavy atom. The third-order valence-corrected chi connectivity index (χ3v) is 7.40. The molecule has 6 aromatic rings. The van der Waals surface area contributed by atoms with Crippen molar-refractivity contribution in [2.24, 2.45) is 0 Å². The van der Waals surface area contributed by atoms with Crippen LogP contribution in [0.15, 0.2) is 60.7 Å². The van der Waals surface area contributed by atoms with Crippen LogP contribution in [-0.2, 0) is 16.8 Å². The molecule has 7 rings (SSSR count). The maximum Gasteiger partial charge on any atom is 0.242 e. The molecule has 5 heterocycles. The Balaban J connectivity index is 1.35. The van der Waals surface area contributed by atoms with Crippen LogP contribution in [0.2, 0.25) is 5.02 Å². The number of rotatable bonds is 5. The average Bonchev–Trinajstić information content (AvgIpc) is 3.68. The van der Waals surface area contributed by atoms with Gasteiger partial charge in [-0.2, -0.15) is 10.3 Å². The van der Waals surface area contributed by atoms with Gasteiger partial charge < -0.3 is 11.1 Å². The molecule has 0 spiro atoms. The van der Waals surface area contributed by atoms with Crippen LogP contribution in [0.25, 0.3) is 33.9 Å². The first-order valence-corrected chi connectivity index (χ1v) is 12.8. The molecule has 1 aliphatic heterocycles. The zero-order chi connectivity index (χ0) is 28.3. The SMILES string of the molecule is CC1(c2cccc(-c3nn[nH]n3)n2)C(=O)Nc2nc(-c3nn(Cc4ccccc4F)c4cc(Cl)ccc34)nc(N)c21. The molecule has 0 radical (unpaired) electrons. The number of nitrogens with zero attached hydrogens (tertiary/aromatic N) is 8. The van der Waals surface area contributed by atoms with E-state index in [1.807, 2.05) is 0 Å². The number of carbonyl (C=O) groups is 1. The monoisotopic (exact) mass is 567 g/mol. The van der Waals surface area contributed by atoms with Crippen molar-refractivity contribution in [1.29, 1.82) is 0 Å². The highest BCUT2D eigenvalue weighted by Gasteiger charge is 2.49. The molecule has 12 nitrogen and oxygen atoms in total. The van der Waals surface area contributed by atoms with Crippen LogP contribution >= 0.6 is 11.6 Å². The molecule has 0 aliphatic carbocycles. The summed E-state index contributed by atoms with van der Waals surface area (Å²) in [5, 5.41) is 22.6. The smallest absolute Gasteiger partial charge is 0.242 e. The van der Waals surface area contributed by atoms with Crippen molar-refractivity contribution in [2.75, 3.05) is 11.1 Å². The molecule has 0 bridgehead atoms. The third kappa shape index (κ3) is 3.89. The molecule has 0 fully saturated rings. The summed E-state index contributed by atoms with van der Waals surface area (Å²) in [4.78, 5) is 27.3. The summed E-state index contributed by atoms with van der Waals surface area (Å²) in [6.45, 7) is 1.86. The van der Waals surface area contributed by atoms with Gasteiger partial charge in [0.25, 0.3) is 0 Å². The number of hydrogen-bond donors (Lipinski definition) is 3. The predicted octanol–water partition coefficient (Wildman–Crippen LogP) is 3.75. The number of H-pyrrole nitrogens is 1. The molecular weight excluding hydrogens is 549 g/mol. The molecule has 14 heteroatoms. The number of carbonyl (C=O) groups excluding carboxylic acids is 1. The van der Waals surface area contributed by atoms with Crippen LogP contribution in [-0.4, -0.2) is 51.3 Å². The largest absolute Gasteiger partial charge is 0.383 e. The fourth-order valence-corrected chi connectivity index (χ4v) is 5.25. The van der Waals surface area contributed by atoms with Gasteiger partial charge in [-0.15, -0.1) is 10.2 Å². The van der Waals surface area contributed by atoms with Crippen LogP contribution in [0.4, 0.5) is 16.0 Å². The number of amides is 1. The predicted molar refractivity (Wildman–Crippen MR) is 148 cm³/mol. The second kappa shape index (κ2) is 9.13. The van der Waals surface area contributed by atoms with E-state index in [2.05, 4.69) is 40.9 Å². The summed E-state index contributed by atoms with van der Waals surface area (Å²) in [5.74, 6) is 0.0910. The van der Waals surface area contributed by atoms with E-state index in [0.29, 0.717) is 44.1 Å². The minimum absolute atomic E-state index is 0.0865. The molecule has 1 atom stereocenters. The first-order valence-electron chi connectivity index (χ1n) is 12.4. The van der Waals surface area contributed by atoms with Crippen molar-refractivity contribution in [2.45, 2.75) is 18.9 Å². The molecule has 2 aromatic carbocycles. The number of anilines is 2. The summed E-state index contributed by atoms with van der Waals surface area (Å²) in [6.07, 6.45) is 0. The van der Waals surface area contributed by atoms with Crippen LogP contribution in [0.3, 0.4) is 0 Å². The van der Waals surface area contributed by atoms with Crippen molar-refractivity contribution in [1.82, 2.24) is 45.4 Å². The molecule has 1 unspecified atom stereocenters. The van der Waals surface area contributed by atoms with Crippen LogP contribution in [0, 0.1) is 5.82 Å². The van der Waals surface area contributed by atoms with E-state index < -0.39 is 5.41 Å². The molecular formula is C27H19ClFN11O. The Kier molecular flexibility index (Phi) is 5.50. The highest BCUT2D eigenvalue weighted by molar-refractivity contribution is 6.31. The van der Waals surface area contributed by atoms with Gasteiger partial charge in [0.1, 0.15) is 34.3 Å². The zero-order valence-electron chi connectivity index (χ0n) is 21.3. The lowest BCUT2D eigenvalue weighted by Crippen LogP contribution is -2.34. The van der Waals surface area contributed by atoms with Gasteiger partial charge >= 0.3 is 0 Å². The summed E-state index contributed by atoms with van der Waals surface area (Å²) in [5.41, 5.74) is 7.98. The number of nitrogen functional groups attached to an aromatic ring is 1. The Morgan fingerprint density at radius 1 is 1.05 bits per heavy atom. The minimum Gasteiger partial charge on any atom is -0.383 e. The molecule has 1 aliphatic rings. The van der Waals surface area contributed by atoms with Gasteiger partial charge in [0.15, 0.2) is 5.82 Å². The van der Waals surface area contributed by atoms with Gasteiger partial charge in [-0.3, -0.25) is 9.48 Å². The Morgan fingerprint density at radius 3 is 2.71 bits per heavy atom. The van der Waals surface area contributed by atoms with E-state index >= 15 is 0 Å². The van der Waals surface area contributed by atoms with Crippen molar-refractivity contribution >= 4 is 40.0 Å². The number of hydrogen-bond acceptors (Lipinski definition) is 9. The fraction of sp³-hybridized carbons (Fsp3) is 0.111. The number of nitrogens with one attached hydrogen (secondary N) is 2. The third-order valence-electron chi connectivity index (χ3n) is 7.16. The standard InChI is InChI=1S/C27H19ClFN11O/c1-27(19-8-4-7-17(31-19)23-35-38-39-36-23)20-22(30)32-25(33-24(20)34-26(27)41)21-15-10-9-14(28)11-18(15)40(37-21)12-13-5-2-3-6-16(13)29/h2-11H,12H2,1H3,(H,35,36,38,39)(H3,30,32,33,34,41). The number of fused-ring (bicyclic) bond motifs is 2. The molecule has 0 saturated carbocycles. The van der Waals surface area contributed by atoms with Crippen molar-refractivity contribution in [3.8, 4) is 23.0 Å². The Hall–Kier alpha value is -5.30. The maximum absolute atomic E-state index is 14.5. The van der Waals surface area contributed by atoms with E-state index in [1.165, 1.54) is 6.07 Å². The molecule has 202 valence electrons. The van der Waals surface area contributed by atoms with E-state index in [1.54, 1.807) is 66.2 Å². The molecule has 1 amide bonds. The van der Waals surface area contributed by atoms with Crippen LogP contribution in [0.5, 0.6) is 0 Å². The quantitative estimate of drug-likeness (QED) is 0.281. The topological polar surface area (TPSA) is 166 Å². The van der Waals surface area contributed by atoms with Gasteiger partial charge in [0, 0.05) is 16.0 Å². The van der Waals surface area contributed by atoms with Gasteiger partial charge in [0.2, 0.25) is 11.7 Å². The molecule has 4 aromatic heterocycles. The summed E-state index contributed by atoms with van der Waals surface area (Å²) < 4.78 is 16.1. The lowest BCUT2D eigenvalue weighted by Gasteiger charge is -2.22. The van der Waals surface area contributed by atoms with E-state index in [9.17, 15) is 9.18 Å². The number of aromatic nitrogens is 9. The van der Waals surface area contributed by atoms with Gasteiger partial charge in [-0.05, 0) is 48.5 Å². The lowest BCUT2D eigenvalue weighted by molar-refractivity contribution is -0.119. The molecule has 4 N–H and O–H groups in total. The average molecular weight is 568 g/mol. The van der Waals surface area contributed by atoms with E-state index in [0.717, 1.165) is 0 Å². The number of nitrogens with two attached hydrogens (primary N) is 1. The Labute approximate surface area is 235 Å². The van der Waals surface area contributed by atoms with Gasteiger partial charge in [-0.25, -0.2) is 19.3 Å². The second-order valence-corrected chi connectivity index (χ2v) is 10.1.